The molecule has 0 fully saturated rings. The maximum Gasteiger partial charge on any atom is 0.408 e. The van der Waals surface area contributed by atoms with E-state index in [0.717, 1.165) is 0 Å². The second-order valence-corrected chi connectivity index (χ2v) is 7.83. The molecule has 1 aliphatic heterocycles. The average molecular weight is 355 g/mol. The number of nitrogens with one attached hydrogen (secondary N) is 1. The first-order chi connectivity index (χ1) is 11.2. The van der Waals surface area contributed by atoms with Gasteiger partial charge in [-0.05, 0) is 30.0 Å². The quantitative estimate of drug-likeness (QED) is 0.792. The smallest absolute Gasteiger partial charge is 0.408 e. The molecule has 0 saturated heterocycles. The Morgan fingerprint density at radius 3 is 2.50 bits per heavy atom. The maximum absolute atomic E-state index is 12.9. The van der Waals surface area contributed by atoms with Gasteiger partial charge in [0, 0.05) is 0 Å². The molecule has 0 aromatic heterocycles. The zero-order valence-electron chi connectivity index (χ0n) is 13.3. The SMILES string of the molecule is CC(C)C[C@H](NC(=O)OCC1=Cc2ccccc2S1(=O)=O)C(=O)F. The average Bonchev–Trinajstić information content (AvgIpc) is 2.75. The van der Waals surface area contributed by atoms with Crippen LogP contribution in [0.25, 0.3) is 6.08 Å². The van der Waals surface area contributed by atoms with Crippen molar-refractivity contribution >= 4 is 28.0 Å². The Bertz CT molecular complexity index is 785. The molecule has 0 aliphatic carbocycles. The van der Waals surface area contributed by atoms with E-state index >= 15 is 0 Å². The highest BCUT2D eigenvalue weighted by molar-refractivity contribution is 7.95. The lowest BCUT2D eigenvalue weighted by molar-refractivity contribution is -0.131. The Morgan fingerprint density at radius 1 is 1.25 bits per heavy atom. The topological polar surface area (TPSA) is 89.5 Å². The van der Waals surface area contributed by atoms with Gasteiger partial charge < -0.3 is 10.1 Å². The summed E-state index contributed by atoms with van der Waals surface area (Å²) in [4.78, 5) is 22.7. The summed E-state index contributed by atoms with van der Waals surface area (Å²) in [5, 5.41) is 2.11. The van der Waals surface area contributed by atoms with Gasteiger partial charge in [-0.15, -0.1) is 0 Å². The van der Waals surface area contributed by atoms with E-state index in [2.05, 4.69) is 5.32 Å². The number of amides is 1. The molecule has 1 aromatic rings. The van der Waals surface area contributed by atoms with Gasteiger partial charge in [0.15, 0.2) is 0 Å². The molecular formula is C16H18FNO5S. The molecule has 6 nitrogen and oxygen atoms in total. The summed E-state index contributed by atoms with van der Waals surface area (Å²) < 4.78 is 42.3. The lowest BCUT2D eigenvalue weighted by Crippen LogP contribution is -2.40. The van der Waals surface area contributed by atoms with Crippen molar-refractivity contribution in [3.05, 3.63) is 34.7 Å². The molecule has 0 bridgehead atoms. The van der Waals surface area contributed by atoms with Crippen molar-refractivity contribution in [2.75, 3.05) is 6.61 Å². The van der Waals surface area contributed by atoms with Crippen LogP contribution in [-0.4, -0.2) is 33.2 Å². The highest BCUT2D eigenvalue weighted by atomic mass is 32.2. The normalized spacial score (nSPS) is 16.2. The highest BCUT2D eigenvalue weighted by Gasteiger charge is 2.30. The van der Waals surface area contributed by atoms with Crippen molar-refractivity contribution in [2.45, 2.75) is 31.2 Å². The zero-order chi connectivity index (χ0) is 17.9. The molecule has 24 heavy (non-hydrogen) atoms. The lowest BCUT2D eigenvalue weighted by Gasteiger charge is -2.15. The molecule has 1 N–H and O–H groups in total. The number of sulfone groups is 1. The second kappa shape index (κ2) is 7.12. The minimum absolute atomic E-state index is 0.0117. The van der Waals surface area contributed by atoms with E-state index in [1.54, 1.807) is 32.0 Å². The third-order valence-electron chi connectivity index (χ3n) is 3.49. The fourth-order valence-electron chi connectivity index (χ4n) is 2.36. The van der Waals surface area contributed by atoms with Gasteiger partial charge in [-0.1, -0.05) is 32.0 Å². The Labute approximate surface area is 139 Å². The van der Waals surface area contributed by atoms with Crippen LogP contribution in [0.4, 0.5) is 9.18 Å². The van der Waals surface area contributed by atoms with E-state index in [1.165, 1.54) is 12.1 Å². The van der Waals surface area contributed by atoms with Crippen LogP contribution in [0.1, 0.15) is 25.8 Å². The van der Waals surface area contributed by atoms with E-state index in [0.29, 0.717) is 5.56 Å². The number of halogens is 1. The number of carbonyl (C=O) groups is 2. The van der Waals surface area contributed by atoms with Gasteiger partial charge in [0.1, 0.15) is 12.6 Å². The van der Waals surface area contributed by atoms with E-state index < -0.39 is 34.6 Å². The van der Waals surface area contributed by atoms with Crippen LogP contribution in [-0.2, 0) is 19.4 Å². The molecule has 1 atom stereocenters. The van der Waals surface area contributed by atoms with Crippen LogP contribution < -0.4 is 5.32 Å². The van der Waals surface area contributed by atoms with Crippen LogP contribution in [0.15, 0.2) is 34.1 Å². The van der Waals surface area contributed by atoms with Crippen molar-refractivity contribution in [2.24, 2.45) is 5.92 Å². The van der Waals surface area contributed by atoms with Crippen molar-refractivity contribution in [3.8, 4) is 0 Å². The summed E-state index contributed by atoms with van der Waals surface area (Å²) >= 11 is 0. The van der Waals surface area contributed by atoms with Crippen LogP contribution in [0.3, 0.4) is 0 Å². The molecule has 130 valence electrons. The monoisotopic (exact) mass is 355 g/mol. The highest BCUT2D eigenvalue weighted by Crippen LogP contribution is 2.32. The summed E-state index contributed by atoms with van der Waals surface area (Å²) in [5.74, 6) is -0.0117. The van der Waals surface area contributed by atoms with Crippen LogP contribution in [0, 0.1) is 5.92 Å². The van der Waals surface area contributed by atoms with E-state index in [9.17, 15) is 22.4 Å². The third-order valence-corrected chi connectivity index (χ3v) is 5.37. The largest absolute Gasteiger partial charge is 0.444 e. The van der Waals surface area contributed by atoms with Gasteiger partial charge in [-0.3, -0.25) is 4.79 Å². The molecule has 0 unspecified atom stereocenters. The Balaban J connectivity index is 1.99. The molecule has 0 radical (unpaired) electrons. The van der Waals surface area contributed by atoms with Crippen molar-refractivity contribution in [3.63, 3.8) is 0 Å². The second-order valence-electron chi connectivity index (χ2n) is 5.86. The first kappa shape index (κ1) is 18.1. The molecule has 1 aliphatic rings. The van der Waals surface area contributed by atoms with E-state index in [1.807, 2.05) is 0 Å². The fourth-order valence-corrected chi connectivity index (χ4v) is 3.83. The predicted molar refractivity (Wildman–Crippen MR) is 85.4 cm³/mol. The number of alkyl carbamates (subject to hydrolysis) is 1. The van der Waals surface area contributed by atoms with Crippen LogP contribution in [0.2, 0.25) is 0 Å². The number of fused-ring (bicyclic) bond motifs is 1. The molecule has 2 rings (SSSR count). The van der Waals surface area contributed by atoms with Crippen molar-refractivity contribution < 1.29 is 27.1 Å². The number of hydrogen-bond acceptors (Lipinski definition) is 5. The number of rotatable bonds is 6. The number of ether oxygens (including phenoxy) is 1. The summed E-state index contributed by atoms with van der Waals surface area (Å²) in [6.07, 6.45) is 0.500. The molecule has 1 aromatic carbocycles. The van der Waals surface area contributed by atoms with Crippen molar-refractivity contribution in [1.29, 1.82) is 0 Å². The van der Waals surface area contributed by atoms with E-state index in [-0.39, 0.29) is 22.1 Å². The number of hydrogen-bond donors (Lipinski definition) is 1. The molecule has 0 saturated carbocycles. The maximum atomic E-state index is 12.9. The zero-order valence-corrected chi connectivity index (χ0v) is 14.1. The van der Waals surface area contributed by atoms with Crippen LogP contribution >= 0.6 is 0 Å². The minimum Gasteiger partial charge on any atom is -0.444 e. The Hall–Kier alpha value is -2.22. The summed E-state index contributed by atoms with van der Waals surface area (Å²) in [5.41, 5.74) is 0.521. The van der Waals surface area contributed by atoms with Gasteiger partial charge in [0.25, 0.3) is 0 Å². The minimum atomic E-state index is -3.69. The molecular weight excluding hydrogens is 337 g/mol. The standard InChI is InChI=1S/C16H18FNO5S/c1-10(2)7-13(15(17)19)18-16(20)23-9-12-8-11-5-3-4-6-14(11)24(12,21)22/h3-6,8,10,13H,7,9H2,1-2H3,(H,18,20)/t13-/m0/s1. The van der Waals surface area contributed by atoms with Gasteiger partial charge in [-0.25, -0.2) is 13.2 Å². The fraction of sp³-hybridized carbons (Fsp3) is 0.375. The van der Waals surface area contributed by atoms with Gasteiger partial charge >= 0.3 is 12.1 Å². The molecule has 8 heteroatoms. The summed E-state index contributed by atoms with van der Waals surface area (Å²) in [6, 6.07) is 3.44. The Kier molecular flexibility index (Phi) is 5.38. The summed E-state index contributed by atoms with van der Waals surface area (Å²) in [6.45, 7) is 3.06. The van der Waals surface area contributed by atoms with Gasteiger partial charge in [0.05, 0.1) is 9.80 Å². The third kappa shape index (κ3) is 4.00. The molecule has 0 spiro atoms. The summed E-state index contributed by atoms with van der Waals surface area (Å²) in [7, 11) is -3.69. The predicted octanol–water partition coefficient (Wildman–Crippen LogP) is 2.45. The number of benzene rings is 1. The molecule has 1 heterocycles. The van der Waals surface area contributed by atoms with Crippen LogP contribution in [0.5, 0.6) is 0 Å². The first-order valence-electron chi connectivity index (χ1n) is 7.39. The van der Waals surface area contributed by atoms with Crippen molar-refractivity contribution in [1.82, 2.24) is 5.32 Å². The lowest BCUT2D eigenvalue weighted by atomic mass is 10.0. The molecule has 1 amide bonds. The Morgan fingerprint density at radius 2 is 1.92 bits per heavy atom. The number of carbonyl (C=O) groups excluding carboxylic acids is 2. The van der Waals surface area contributed by atoms with E-state index in [4.69, 9.17) is 4.74 Å². The van der Waals surface area contributed by atoms with Gasteiger partial charge in [-0.2, -0.15) is 4.39 Å². The first-order valence-corrected chi connectivity index (χ1v) is 8.87. The van der Waals surface area contributed by atoms with Gasteiger partial charge in [0.2, 0.25) is 9.84 Å².